The van der Waals surface area contributed by atoms with Gasteiger partial charge in [-0.05, 0) is 9.91 Å². The summed E-state index contributed by atoms with van der Waals surface area (Å²) >= 11 is 2.96. The molecule has 1 aromatic rings. The Hall–Kier alpha value is -1.77. The Morgan fingerprint density at radius 1 is 1.73 bits per heavy atom. The van der Waals surface area contributed by atoms with E-state index in [9.17, 15) is 14.9 Å². The molecule has 15 heavy (non-hydrogen) atoms. The molecule has 0 aliphatic carbocycles. The monoisotopic (exact) mass is 276 g/mol. The van der Waals surface area contributed by atoms with Crippen LogP contribution in [-0.4, -0.2) is 30.8 Å². The molecule has 0 unspecified atom stereocenters. The predicted octanol–water partition coefficient (Wildman–Crippen LogP) is 0.590. The topological polar surface area (TPSA) is 111 Å². The summed E-state index contributed by atoms with van der Waals surface area (Å²) in [5.74, 6) is -1.63. The van der Waals surface area contributed by atoms with E-state index < -0.39 is 16.8 Å². The maximum Gasteiger partial charge on any atom is 0.492 e. The van der Waals surface area contributed by atoms with E-state index in [1.54, 1.807) is 0 Å². The van der Waals surface area contributed by atoms with Gasteiger partial charge in [0.1, 0.15) is 0 Å². The minimum Gasteiger partial charge on any atom is -0.478 e. The number of allylic oxidation sites excluding steroid dienone is 1. The van der Waals surface area contributed by atoms with E-state index in [-0.39, 0.29) is 11.3 Å². The van der Waals surface area contributed by atoms with Gasteiger partial charge in [-0.3, -0.25) is 0 Å². The molecule has 0 aromatic carbocycles. The number of nitro groups is 1. The van der Waals surface area contributed by atoms with Gasteiger partial charge in [0.15, 0.2) is 0 Å². The van der Waals surface area contributed by atoms with Gasteiger partial charge in [0.25, 0.3) is 4.73 Å². The quantitative estimate of drug-likeness (QED) is 0.489. The fraction of sp³-hybridized carbons (Fsp3) is 0.167. The van der Waals surface area contributed by atoms with Crippen molar-refractivity contribution in [3.05, 3.63) is 27.0 Å². The van der Waals surface area contributed by atoms with Crippen molar-refractivity contribution >= 4 is 27.8 Å². The van der Waals surface area contributed by atoms with E-state index in [1.807, 2.05) is 0 Å². The Morgan fingerprint density at radius 3 is 2.87 bits per heavy atom. The van der Waals surface area contributed by atoms with Crippen LogP contribution in [-0.2, 0) is 11.3 Å². The Labute approximate surface area is 91.5 Å². The third kappa shape index (κ3) is 3.13. The Balaban J connectivity index is 2.77. The summed E-state index contributed by atoms with van der Waals surface area (Å²) < 4.78 is 1.33. The Bertz CT molecular complexity index is 427. The van der Waals surface area contributed by atoms with E-state index in [1.165, 1.54) is 6.08 Å². The van der Waals surface area contributed by atoms with Crippen molar-refractivity contribution in [1.82, 2.24) is 14.8 Å². The lowest BCUT2D eigenvalue weighted by Crippen LogP contribution is -2.00. The normalized spacial score (nSPS) is 10.7. The van der Waals surface area contributed by atoms with Crippen LogP contribution in [0.5, 0.6) is 0 Å². The van der Waals surface area contributed by atoms with Crippen LogP contribution in [0.2, 0.25) is 0 Å². The second-order valence-corrected chi connectivity index (χ2v) is 3.07. The average molecular weight is 277 g/mol. The largest absolute Gasteiger partial charge is 0.492 e. The lowest BCUT2D eigenvalue weighted by Gasteiger charge is -1.88. The Kier molecular flexibility index (Phi) is 3.50. The highest BCUT2D eigenvalue weighted by molar-refractivity contribution is 9.10. The Morgan fingerprint density at radius 2 is 2.40 bits per heavy atom. The lowest BCUT2D eigenvalue weighted by molar-refractivity contribution is -0.394. The molecule has 0 radical (unpaired) electrons. The molecule has 0 saturated heterocycles. The second-order valence-electron chi connectivity index (χ2n) is 2.36. The first-order chi connectivity index (χ1) is 7.00. The third-order valence-corrected chi connectivity index (χ3v) is 1.90. The van der Waals surface area contributed by atoms with E-state index in [4.69, 9.17) is 5.11 Å². The van der Waals surface area contributed by atoms with Gasteiger partial charge in [0.05, 0.1) is 6.54 Å². The van der Waals surface area contributed by atoms with Crippen molar-refractivity contribution in [1.29, 1.82) is 0 Å². The predicted molar refractivity (Wildman–Crippen MR) is 51.2 cm³/mol. The van der Waals surface area contributed by atoms with Crippen molar-refractivity contribution in [3.8, 4) is 0 Å². The summed E-state index contributed by atoms with van der Waals surface area (Å²) in [5, 5.41) is 22.1. The standard InChI is InChI=1S/C6H5BrN4O4/c7-5-8-6(11(14)15)9-10(5)3-1-2-4(12)13/h1-2H,3H2,(H,12,13)/b2-1+. The molecule has 8 nitrogen and oxygen atoms in total. The van der Waals surface area contributed by atoms with Crippen LogP contribution in [0.3, 0.4) is 0 Å². The zero-order valence-corrected chi connectivity index (χ0v) is 8.79. The fourth-order valence-electron chi connectivity index (χ4n) is 0.759. The highest BCUT2D eigenvalue weighted by atomic mass is 79.9. The number of carbonyl (C=O) groups is 1. The van der Waals surface area contributed by atoms with E-state index in [2.05, 4.69) is 26.0 Å². The molecule has 1 N–H and O–H groups in total. The summed E-state index contributed by atoms with van der Waals surface area (Å²) in [6.07, 6.45) is 2.21. The minimum atomic E-state index is -1.10. The smallest absolute Gasteiger partial charge is 0.478 e. The number of carboxylic acids is 1. The number of nitrogens with zero attached hydrogens (tertiary/aromatic N) is 4. The molecule has 0 atom stereocenters. The van der Waals surface area contributed by atoms with Crippen LogP contribution < -0.4 is 0 Å². The van der Waals surface area contributed by atoms with Crippen LogP contribution in [0.1, 0.15) is 0 Å². The van der Waals surface area contributed by atoms with Crippen LogP contribution >= 0.6 is 15.9 Å². The molecule has 0 aliphatic rings. The molecular weight excluding hydrogens is 272 g/mol. The molecule has 0 spiro atoms. The van der Waals surface area contributed by atoms with Crippen molar-refractivity contribution in [2.45, 2.75) is 6.54 Å². The number of aromatic nitrogens is 3. The average Bonchev–Trinajstić information content (AvgIpc) is 2.47. The van der Waals surface area contributed by atoms with Crippen LogP contribution in [0.15, 0.2) is 16.9 Å². The summed E-state index contributed by atoms with van der Waals surface area (Å²) in [6, 6.07) is 0. The minimum absolute atomic E-state index is 0.0910. The zero-order chi connectivity index (χ0) is 11.4. The maximum absolute atomic E-state index is 10.3. The molecule has 0 amide bonds. The summed E-state index contributed by atoms with van der Waals surface area (Å²) in [4.78, 5) is 23.2. The number of hydrogen-bond donors (Lipinski definition) is 1. The molecule has 0 bridgehead atoms. The van der Waals surface area contributed by atoms with Gasteiger partial charge in [-0.15, -0.1) is 0 Å². The van der Waals surface area contributed by atoms with Crippen molar-refractivity contribution in [3.63, 3.8) is 0 Å². The fourth-order valence-corrected chi connectivity index (χ4v) is 1.14. The van der Waals surface area contributed by atoms with Gasteiger partial charge in [-0.1, -0.05) is 6.08 Å². The number of hydrogen-bond acceptors (Lipinski definition) is 5. The zero-order valence-electron chi connectivity index (χ0n) is 7.20. The van der Waals surface area contributed by atoms with Crippen LogP contribution in [0, 0.1) is 10.1 Å². The van der Waals surface area contributed by atoms with Gasteiger partial charge >= 0.3 is 11.9 Å². The van der Waals surface area contributed by atoms with Crippen LogP contribution in [0.4, 0.5) is 5.95 Å². The lowest BCUT2D eigenvalue weighted by atomic mass is 10.5. The first-order valence-corrected chi connectivity index (χ1v) is 4.44. The second kappa shape index (κ2) is 4.64. The molecule has 1 rings (SSSR count). The van der Waals surface area contributed by atoms with E-state index in [0.717, 1.165) is 10.8 Å². The number of rotatable bonds is 4. The molecule has 0 aliphatic heterocycles. The SMILES string of the molecule is O=C(O)/C=C/Cn1nc([N+](=O)[O-])nc1Br. The molecule has 0 fully saturated rings. The molecular formula is C6H5BrN4O4. The summed E-state index contributed by atoms with van der Waals surface area (Å²) in [5.41, 5.74) is 0. The number of carboxylic acid groups (broad SMARTS) is 1. The van der Waals surface area contributed by atoms with Crippen molar-refractivity contribution in [2.75, 3.05) is 0 Å². The van der Waals surface area contributed by atoms with Crippen LogP contribution in [0.25, 0.3) is 0 Å². The highest BCUT2D eigenvalue weighted by Crippen LogP contribution is 2.11. The summed E-state index contributed by atoms with van der Waals surface area (Å²) in [6.45, 7) is 0.0910. The van der Waals surface area contributed by atoms with Gasteiger partial charge in [0, 0.05) is 27.1 Å². The van der Waals surface area contributed by atoms with Gasteiger partial charge in [-0.2, -0.15) is 4.68 Å². The number of halogens is 1. The van der Waals surface area contributed by atoms with E-state index in [0.29, 0.717) is 0 Å². The maximum atomic E-state index is 10.3. The van der Waals surface area contributed by atoms with Gasteiger partial charge in [-0.25, -0.2) is 4.79 Å². The summed E-state index contributed by atoms with van der Waals surface area (Å²) in [7, 11) is 0. The van der Waals surface area contributed by atoms with Gasteiger partial charge < -0.3 is 15.2 Å². The molecule has 80 valence electrons. The molecule has 1 aromatic heterocycles. The molecule has 1 heterocycles. The van der Waals surface area contributed by atoms with Crippen molar-refractivity contribution in [2.24, 2.45) is 0 Å². The number of aliphatic carboxylic acids is 1. The van der Waals surface area contributed by atoms with Gasteiger partial charge in [0.2, 0.25) is 0 Å². The first-order valence-electron chi connectivity index (χ1n) is 3.65. The van der Waals surface area contributed by atoms with Crippen molar-refractivity contribution < 1.29 is 14.8 Å². The highest BCUT2D eigenvalue weighted by Gasteiger charge is 2.18. The third-order valence-electron chi connectivity index (χ3n) is 1.32. The first kappa shape index (κ1) is 11.3. The molecule has 9 heteroatoms. The molecule has 0 saturated carbocycles. The van der Waals surface area contributed by atoms with E-state index >= 15 is 0 Å².